The summed E-state index contributed by atoms with van der Waals surface area (Å²) in [6, 6.07) is 17.9. The van der Waals surface area contributed by atoms with E-state index in [4.69, 9.17) is 0 Å². The molecular formula is C25H36. The molecule has 0 atom stereocenters. The molecule has 0 heterocycles. The lowest BCUT2D eigenvalue weighted by Crippen LogP contribution is -2.17. The molecule has 2 rings (SSSR count). The summed E-state index contributed by atoms with van der Waals surface area (Å²) in [5.74, 6) is 1.21. The molecule has 0 N–H and O–H groups in total. The van der Waals surface area contributed by atoms with Crippen molar-refractivity contribution >= 4 is 0 Å². The zero-order valence-corrected chi connectivity index (χ0v) is 17.1. The Hall–Kier alpha value is -1.56. The summed E-state index contributed by atoms with van der Waals surface area (Å²) < 4.78 is 0. The van der Waals surface area contributed by atoms with E-state index in [1.807, 2.05) is 0 Å². The Bertz CT molecular complexity index is 621. The average molecular weight is 337 g/mol. The van der Waals surface area contributed by atoms with Crippen molar-refractivity contribution in [2.75, 3.05) is 0 Å². The highest BCUT2D eigenvalue weighted by Crippen LogP contribution is 2.32. The van der Waals surface area contributed by atoms with Crippen LogP contribution in [-0.2, 0) is 11.8 Å². The quantitative estimate of drug-likeness (QED) is 0.435. The molecule has 0 aliphatic carbocycles. The highest BCUT2D eigenvalue weighted by atomic mass is 14.2. The maximum absolute atomic E-state index is 2.38. The molecule has 0 unspecified atom stereocenters. The standard InChI is InChI=1S/C25H36/c1-19(2)22-16-12-17-23(20(3)4)24(22)15-10-11-18-25(5,6)21-13-8-7-9-14-21/h7-9,12-14,16-17,19-20H,10-11,15,18H2,1-6H3. The summed E-state index contributed by atoms with van der Waals surface area (Å²) in [4.78, 5) is 0. The monoisotopic (exact) mass is 336 g/mol. The van der Waals surface area contributed by atoms with Crippen LogP contribution in [-0.4, -0.2) is 0 Å². The first-order chi connectivity index (χ1) is 11.8. The van der Waals surface area contributed by atoms with Gasteiger partial charge in [0.25, 0.3) is 0 Å². The van der Waals surface area contributed by atoms with E-state index < -0.39 is 0 Å². The van der Waals surface area contributed by atoms with E-state index in [-0.39, 0.29) is 5.41 Å². The average Bonchev–Trinajstić information content (AvgIpc) is 2.59. The third kappa shape index (κ3) is 5.21. The third-order valence-corrected chi connectivity index (χ3v) is 5.53. The maximum atomic E-state index is 2.38. The minimum atomic E-state index is 0.264. The second-order valence-electron chi connectivity index (χ2n) is 8.68. The van der Waals surface area contributed by atoms with Gasteiger partial charge in [-0.3, -0.25) is 0 Å². The van der Waals surface area contributed by atoms with E-state index in [1.54, 1.807) is 16.7 Å². The smallest absolute Gasteiger partial charge is 0.0104 e. The van der Waals surface area contributed by atoms with Crippen LogP contribution in [0.1, 0.15) is 94.9 Å². The molecule has 0 bridgehead atoms. The van der Waals surface area contributed by atoms with Crippen molar-refractivity contribution in [2.45, 2.75) is 84.5 Å². The molecule has 0 saturated carbocycles. The minimum absolute atomic E-state index is 0.264. The number of benzene rings is 2. The molecule has 0 nitrogen and oxygen atoms in total. The Labute approximate surface area is 155 Å². The van der Waals surface area contributed by atoms with Crippen LogP contribution in [0.2, 0.25) is 0 Å². The predicted molar refractivity (Wildman–Crippen MR) is 112 cm³/mol. The Kier molecular flexibility index (Phi) is 6.87. The molecule has 0 fully saturated rings. The van der Waals surface area contributed by atoms with Gasteiger partial charge in [0, 0.05) is 0 Å². The van der Waals surface area contributed by atoms with Crippen LogP contribution in [0.3, 0.4) is 0 Å². The Balaban J connectivity index is 2.02. The minimum Gasteiger partial charge on any atom is -0.0622 e. The molecule has 0 aliphatic heterocycles. The molecule has 2 aromatic carbocycles. The van der Waals surface area contributed by atoms with E-state index in [0.29, 0.717) is 11.8 Å². The first-order valence-corrected chi connectivity index (χ1v) is 10.00. The SMILES string of the molecule is CC(C)c1cccc(C(C)C)c1CCCCC(C)(C)c1ccccc1. The third-order valence-electron chi connectivity index (χ3n) is 5.53. The van der Waals surface area contributed by atoms with Gasteiger partial charge in [-0.05, 0) is 58.8 Å². The zero-order chi connectivity index (χ0) is 18.4. The highest BCUT2D eigenvalue weighted by molar-refractivity contribution is 5.39. The topological polar surface area (TPSA) is 0 Å². The zero-order valence-electron chi connectivity index (χ0n) is 17.1. The number of hydrogen-bond donors (Lipinski definition) is 0. The van der Waals surface area contributed by atoms with Gasteiger partial charge < -0.3 is 0 Å². The van der Waals surface area contributed by atoms with Crippen molar-refractivity contribution in [2.24, 2.45) is 0 Å². The van der Waals surface area contributed by atoms with Gasteiger partial charge in [0.1, 0.15) is 0 Å². The highest BCUT2D eigenvalue weighted by Gasteiger charge is 2.20. The number of rotatable bonds is 8. The van der Waals surface area contributed by atoms with Gasteiger partial charge in [-0.25, -0.2) is 0 Å². The molecule has 0 spiro atoms. The first kappa shape index (κ1) is 19.8. The molecule has 0 heteroatoms. The van der Waals surface area contributed by atoms with Crippen molar-refractivity contribution in [3.63, 3.8) is 0 Å². The maximum Gasteiger partial charge on any atom is -0.0104 e. The van der Waals surface area contributed by atoms with Crippen LogP contribution in [0.15, 0.2) is 48.5 Å². The van der Waals surface area contributed by atoms with Crippen LogP contribution >= 0.6 is 0 Å². The van der Waals surface area contributed by atoms with Crippen LogP contribution < -0.4 is 0 Å². The van der Waals surface area contributed by atoms with Crippen LogP contribution in [0.4, 0.5) is 0 Å². The lowest BCUT2D eigenvalue weighted by atomic mass is 9.79. The summed E-state index contributed by atoms with van der Waals surface area (Å²) in [7, 11) is 0. The van der Waals surface area contributed by atoms with Crippen LogP contribution in [0, 0.1) is 0 Å². The fraction of sp³-hybridized carbons (Fsp3) is 0.520. The summed E-state index contributed by atoms with van der Waals surface area (Å²) in [6.07, 6.45) is 5.02. The van der Waals surface area contributed by atoms with Gasteiger partial charge >= 0.3 is 0 Å². The van der Waals surface area contributed by atoms with Gasteiger partial charge in [0.05, 0.1) is 0 Å². The fourth-order valence-electron chi connectivity index (χ4n) is 3.90. The lowest BCUT2D eigenvalue weighted by Gasteiger charge is -2.26. The van der Waals surface area contributed by atoms with Crippen LogP contribution in [0.25, 0.3) is 0 Å². The predicted octanol–water partition coefficient (Wildman–Crippen LogP) is 7.62. The molecule has 2 aromatic rings. The van der Waals surface area contributed by atoms with Crippen LogP contribution in [0.5, 0.6) is 0 Å². The van der Waals surface area contributed by atoms with E-state index in [1.165, 1.54) is 31.2 Å². The van der Waals surface area contributed by atoms with Gasteiger partial charge in [0.15, 0.2) is 0 Å². The Morgan fingerprint density at radius 3 is 1.80 bits per heavy atom. The molecule has 0 radical (unpaired) electrons. The van der Waals surface area contributed by atoms with Crippen molar-refractivity contribution in [1.29, 1.82) is 0 Å². The first-order valence-electron chi connectivity index (χ1n) is 10.00. The molecular weight excluding hydrogens is 300 g/mol. The van der Waals surface area contributed by atoms with Gasteiger partial charge in [-0.15, -0.1) is 0 Å². The van der Waals surface area contributed by atoms with Gasteiger partial charge in [-0.1, -0.05) is 96.5 Å². The normalized spacial score (nSPS) is 12.2. The van der Waals surface area contributed by atoms with E-state index in [0.717, 1.165) is 0 Å². The molecule has 136 valence electrons. The summed E-state index contributed by atoms with van der Waals surface area (Å²) in [6.45, 7) is 14.0. The molecule has 0 aliphatic rings. The van der Waals surface area contributed by atoms with Crippen molar-refractivity contribution in [1.82, 2.24) is 0 Å². The van der Waals surface area contributed by atoms with E-state index in [9.17, 15) is 0 Å². The Morgan fingerprint density at radius 2 is 1.28 bits per heavy atom. The second kappa shape index (κ2) is 8.70. The summed E-state index contributed by atoms with van der Waals surface area (Å²) >= 11 is 0. The molecule has 0 aromatic heterocycles. The van der Waals surface area contributed by atoms with E-state index in [2.05, 4.69) is 90.1 Å². The van der Waals surface area contributed by atoms with Crippen molar-refractivity contribution in [3.8, 4) is 0 Å². The van der Waals surface area contributed by atoms with Gasteiger partial charge in [0.2, 0.25) is 0 Å². The molecule has 0 amide bonds. The molecule has 0 saturated heterocycles. The second-order valence-corrected chi connectivity index (χ2v) is 8.68. The largest absolute Gasteiger partial charge is 0.0622 e. The number of unbranched alkanes of at least 4 members (excludes halogenated alkanes) is 1. The number of hydrogen-bond acceptors (Lipinski definition) is 0. The van der Waals surface area contributed by atoms with Crippen molar-refractivity contribution in [3.05, 3.63) is 70.8 Å². The Morgan fingerprint density at radius 1 is 0.720 bits per heavy atom. The molecule has 25 heavy (non-hydrogen) atoms. The summed E-state index contributed by atoms with van der Waals surface area (Å²) in [5, 5.41) is 0. The van der Waals surface area contributed by atoms with Crippen molar-refractivity contribution < 1.29 is 0 Å². The fourth-order valence-corrected chi connectivity index (χ4v) is 3.90. The lowest BCUT2D eigenvalue weighted by molar-refractivity contribution is 0.451. The van der Waals surface area contributed by atoms with E-state index >= 15 is 0 Å². The summed E-state index contributed by atoms with van der Waals surface area (Å²) in [5.41, 5.74) is 6.44. The van der Waals surface area contributed by atoms with Gasteiger partial charge in [-0.2, -0.15) is 0 Å².